The van der Waals surface area contributed by atoms with Crippen molar-refractivity contribution in [2.24, 2.45) is 0 Å². The molecule has 8 heteroatoms. The fourth-order valence-corrected chi connectivity index (χ4v) is 3.22. The van der Waals surface area contributed by atoms with Gasteiger partial charge in [0.2, 0.25) is 0 Å². The zero-order valence-corrected chi connectivity index (χ0v) is 20.0. The van der Waals surface area contributed by atoms with Gasteiger partial charge in [-0.15, -0.1) is 0 Å². The van der Waals surface area contributed by atoms with Crippen molar-refractivity contribution in [2.45, 2.75) is 6.42 Å². The quantitative estimate of drug-likeness (QED) is 0.133. The highest BCUT2D eigenvalue weighted by Gasteiger charge is 2.09. The Morgan fingerprint density at radius 1 is 0.486 bits per heavy atom. The Hall–Kier alpha value is -4.98. The maximum absolute atomic E-state index is 12.2. The molecule has 0 spiro atoms. The summed E-state index contributed by atoms with van der Waals surface area (Å²) in [7, 11) is 0. The van der Waals surface area contributed by atoms with Gasteiger partial charge in [-0.3, -0.25) is 0 Å². The van der Waals surface area contributed by atoms with E-state index in [0.717, 1.165) is 0 Å². The fraction of sp³-hybridized carbons (Fsp3) is 0.103. The average molecular weight is 499 g/mol. The largest absolute Gasteiger partial charge is 0.493 e. The van der Waals surface area contributed by atoms with Crippen molar-refractivity contribution in [1.82, 2.24) is 0 Å². The van der Waals surface area contributed by atoms with Crippen LogP contribution in [-0.2, 0) is 0 Å². The van der Waals surface area contributed by atoms with E-state index in [-0.39, 0.29) is 0 Å². The summed E-state index contributed by atoms with van der Waals surface area (Å²) in [6.45, 7) is 0.893. The van der Waals surface area contributed by atoms with Gasteiger partial charge in [0, 0.05) is 17.8 Å². The van der Waals surface area contributed by atoms with Gasteiger partial charge in [-0.05, 0) is 97.1 Å². The molecule has 0 radical (unpaired) electrons. The molecule has 0 aliphatic carbocycles. The third-order valence-electron chi connectivity index (χ3n) is 5.19. The van der Waals surface area contributed by atoms with Crippen LogP contribution in [0.1, 0.15) is 27.1 Å². The molecule has 4 aromatic rings. The van der Waals surface area contributed by atoms with E-state index in [0.29, 0.717) is 65.1 Å². The first kappa shape index (κ1) is 25.1. The first-order chi connectivity index (χ1) is 18.0. The summed E-state index contributed by atoms with van der Waals surface area (Å²) in [5.41, 5.74) is 13.3. The molecule has 0 bridgehead atoms. The third kappa shape index (κ3) is 7.50. The van der Waals surface area contributed by atoms with Crippen molar-refractivity contribution in [2.75, 3.05) is 24.7 Å². The lowest BCUT2D eigenvalue weighted by molar-refractivity contribution is 0.0725. The molecule has 4 aromatic carbocycles. The van der Waals surface area contributed by atoms with Crippen molar-refractivity contribution < 1.29 is 28.5 Å². The lowest BCUT2D eigenvalue weighted by atomic mass is 10.2. The Labute approximate surface area is 214 Å². The van der Waals surface area contributed by atoms with Gasteiger partial charge in [0.1, 0.15) is 23.0 Å². The fourth-order valence-electron chi connectivity index (χ4n) is 3.22. The highest BCUT2D eigenvalue weighted by molar-refractivity contribution is 5.92. The van der Waals surface area contributed by atoms with Gasteiger partial charge < -0.3 is 30.4 Å². The van der Waals surface area contributed by atoms with Crippen LogP contribution in [0.3, 0.4) is 0 Å². The molecule has 188 valence electrons. The first-order valence-electron chi connectivity index (χ1n) is 11.6. The highest BCUT2D eigenvalue weighted by Crippen LogP contribution is 2.21. The Morgan fingerprint density at radius 2 is 0.811 bits per heavy atom. The van der Waals surface area contributed by atoms with E-state index in [1.165, 1.54) is 0 Å². The van der Waals surface area contributed by atoms with Crippen LogP contribution in [0.4, 0.5) is 11.4 Å². The summed E-state index contributed by atoms with van der Waals surface area (Å²) in [6.07, 6.45) is 0.655. The second-order valence-electron chi connectivity index (χ2n) is 8.02. The van der Waals surface area contributed by atoms with Gasteiger partial charge in [0.25, 0.3) is 0 Å². The van der Waals surface area contributed by atoms with Crippen LogP contribution in [0, 0.1) is 0 Å². The summed E-state index contributed by atoms with van der Waals surface area (Å²) in [6, 6.07) is 26.7. The summed E-state index contributed by atoms with van der Waals surface area (Å²) < 4.78 is 22.1. The van der Waals surface area contributed by atoms with E-state index in [1.807, 2.05) is 0 Å². The number of esters is 2. The van der Waals surface area contributed by atoms with E-state index < -0.39 is 11.9 Å². The zero-order valence-electron chi connectivity index (χ0n) is 20.0. The number of hydrogen-bond acceptors (Lipinski definition) is 8. The predicted octanol–water partition coefficient (Wildman–Crippen LogP) is 5.14. The van der Waals surface area contributed by atoms with Gasteiger partial charge in [-0.1, -0.05) is 0 Å². The molecule has 0 aromatic heterocycles. The van der Waals surface area contributed by atoms with Crippen molar-refractivity contribution >= 4 is 23.3 Å². The number of hydrogen-bond donors (Lipinski definition) is 2. The van der Waals surface area contributed by atoms with Gasteiger partial charge in [-0.25, -0.2) is 9.59 Å². The number of nitrogen functional groups attached to an aromatic ring is 2. The predicted molar refractivity (Wildman–Crippen MR) is 140 cm³/mol. The van der Waals surface area contributed by atoms with Crippen LogP contribution >= 0.6 is 0 Å². The summed E-state index contributed by atoms with van der Waals surface area (Å²) in [4.78, 5) is 24.3. The van der Waals surface area contributed by atoms with Crippen LogP contribution < -0.4 is 30.4 Å². The molecule has 4 rings (SSSR count). The first-order valence-corrected chi connectivity index (χ1v) is 11.6. The number of anilines is 2. The smallest absolute Gasteiger partial charge is 0.343 e. The van der Waals surface area contributed by atoms with E-state index in [2.05, 4.69) is 0 Å². The Balaban J connectivity index is 1.15. The van der Waals surface area contributed by atoms with E-state index >= 15 is 0 Å². The van der Waals surface area contributed by atoms with E-state index in [9.17, 15) is 9.59 Å². The Kier molecular flexibility index (Phi) is 8.23. The summed E-state index contributed by atoms with van der Waals surface area (Å²) in [5, 5.41) is 0. The molecule has 0 heterocycles. The lowest BCUT2D eigenvalue weighted by Crippen LogP contribution is -2.09. The third-order valence-corrected chi connectivity index (χ3v) is 5.19. The molecule has 0 atom stereocenters. The number of ether oxygens (including phenoxy) is 4. The van der Waals surface area contributed by atoms with Gasteiger partial charge in [0.15, 0.2) is 0 Å². The van der Waals surface area contributed by atoms with Gasteiger partial charge in [0.05, 0.1) is 24.3 Å². The SMILES string of the molecule is Nc1ccc(C(=O)Oc2ccc(OCCCOc3ccc(OC(=O)c4ccc(N)cc4)cc3)cc2)cc1. The van der Waals surface area contributed by atoms with Crippen LogP contribution in [0.5, 0.6) is 23.0 Å². The topological polar surface area (TPSA) is 123 Å². The van der Waals surface area contributed by atoms with Crippen LogP contribution in [-0.4, -0.2) is 25.2 Å². The van der Waals surface area contributed by atoms with Gasteiger partial charge >= 0.3 is 11.9 Å². The number of rotatable bonds is 10. The average Bonchev–Trinajstić information content (AvgIpc) is 2.91. The minimum atomic E-state index is -0.459. The molecule has 0 saturated carbocycles. The number of nitrogens with two attached hydrogens (primary N) is 2. The molecule has 8 nitrogen and oxygen atoms in total. The second-order valence-corrected chi connectivity index (χ2v) is 8.02. The Bertz CT molecular complexity index is 1210. The molecule has 0 amide bonds. The molecule has 4 N–H and O–H groups in total. The monoisotopic (exact) mass is 498 g/mol. The zero-order chi connectivity index (χ0) is 26.0. The normalized spacial score (nSPS) is 10.4. The van der Waals surface area contributed by atoms with E-state index in [1.54, 1.807) is 97.1 Å². The van der Waals surface area contributed by atoms with Crippen molar-refractivity contribution in [3.05, 3.63) is 108 Å². The minimum Gasteiger partial charge on any atom is -0.493 e. The molecular formula is C29H26N2O6. The molecule has 0 fully saturated rings. The number of carbonyl (C=O) groups is 2. The Morgan fingerprint density at radius 3 is 1.16 bits per heavy atom. The van der Waals surface area contributed by atoms with Crippen molar-refractivity contribution in [3.63, 3.8) is 0 Å². The maximum Gasteiger partial charge on any atom is 0.343 e. The van der Waals surface area contributed by atoms with Crippen LogP contribution in [0.15, 0.2) is 97.1 Å². The standard InChI is InChI=1S/C29H26N2O6/c30-22-6-2-20(3-7-22)28(32)36-26-14-10-24(11-15-26)34-18-1-19-35-25-12-16-27(17-13-25)37-29(33)21-4-8-23(31)9-5-21/h2-17H,1,18-19,30-31H2. The van der Waals surface area contributed by atoms with Crippen molar-refractivity contribution in [1.29, 1.82) is 0 Å². The lowest BCUT2D eigenvalue weighted by Gasteiger charge is -2.10. The summed E-state index contributed by atoms with van der Waals surface area (Å²) >= 11 is 0. The molecule has 0 saturated heterocycles. The second kappa shape index (κ2) is 12.1. The summed E-state index contributed by atoms with van der Waals surface area (Å²) in [5.74, 6) is 1.22. The highest BCUT2D eigenvalue weighted by atomic mass is 16.5. The maximum atomic E-state index is 12.2. The minimum absolute atomic E-state index is 0.417. The van der Waals surface area contributed by atoms with Gasteiger partial charge in [-0.2, -0.15) is 0 Å². The van der Waals surface area contributed by atoms with E-state index in [4.69, 9.17) is 30.4 Å². The molecule has 0 aliphatic heterocycles. The van der Waals surface area contributed by atoms with Crippen LogP contribution in [0.2, 0.25) is 0 Å². The molecule has 0 unspecified atom stereocenters. The van der Waals surface area contributed by atoms with Crippen LogP contribution in [0.25, 0.3) is 0 Å². The number of benzene rings is 4. The van der Waals surface area contributed by atoms with Crippen molar-refractivity contribution in [3.8, 4) is 23.0 Å². The number of carbonyl (C=O) groups excluding carboxylic acids is 2. The molecule has 0 aliphatic rings. The molecular weight excluding hydrogens is 472 g/mol. The molecule has 37 heavy (non-hydrogen) atoms.